The topological polar surface area (TPSA) is 104 Å². The second-order valence-electron chi connectivity index (χ2n) is 5.10. The summed E-state index contributed by atoms with van der Waals surface area (Å²) in [5.41, 5.74) is 0.231. The Hall–Kier alpha value is -1.97. The molecule has 1 heterocycles. The third kappa shape index (κ3) is 4.06. The lowest BCUT2D eigenvalue weighted by Crippen LogP contribution is -2.40. The fraction of sp³-hybridized carbons (Fsp3) is 0.429. The predicted molar refractivity (Wildman–Crippen MR) is 80.6 cm³/mol. The minimum atomic E-state index is -3.61. The second-order valence-corrected chi connectivity index (χ2v) is 7.03. The van der Waals surface area contributed by atoms with Crippen LogP contribution in [-0.2, 0) is 19.6 Å². The summed E-state index contributed by atoms with van der Waals surface area (Å²) < 4.78 is 31.4. The number of likely N-dealkylation sites (N-methyl/N-ethyl adjacent to an activating group) is 1. The van der Waals surface area contributed by atoms with Crippen molar-refractivity contribution in [3.63, 3.8) is 0 Å². The zero-order chi connectivity index (χ0) is 17.0. The average molecular weight is 342 g/mol. The lowest BCUT2D eigenvalue weighted by atomic mass is 10.2. The van der Waals surface area contributed by atoms with Crippen molar-refractivity contribution in [1.82, 2.24) is 9.21 Å². The van der Waals surface area contributed by atoms with Crippen LogP contribution in [0.5, 0.6) is 0 Å². The van der Waals surface area contributed by atoms with Gasteiger partial charge in [-0.3, -0.25) is 9.59 Å². The number of aliphatic carboxylic acids is 1. The molecule has 1 aromatic carbocycles. The Bertz CT molecular complexity index is 680. The third-order valence-corrected chi connectivity index (χ3v) is 5.34. The van der Waals surface area contributed by atoms with Crippen LogP contribution in [0.3, 0.4) is 0 Å². The molecule has 2 rings (SSSR count). The zero-order valence-electron chi connectivity index (χ0n) is 12.6. The van der Waals surface area contributed by atoms with E-state index >= 15 is 0 Å². The number of amides is 1. The number of carbonyl (C=O) groups excluding carboxylic acids is 1. The third-order valence-electron chi connectivity index (χ3n) is 3.43. The molecule has 9 heteroatoms. The molecule has 1 aliphatic rings. The maximum atomic E-state index is 12.4. The SMILES string of the molecule is CN(CC(=O)O)C(=O)c1ccc(S(=O)(=O)N2CCOCC2)cc1. The maximum absolute atomic E-state index is 12.4. The molecule has 0 unspecified atom stereocenters. The van der Waals surface area contributed by atoms with Crippen LogP contribution >= 0.6 is 0 Å². The molecule has 1 aromatic rings. The Labute approximate surface area is 134 Å². The Morgan fingerprint density at radius 1 is 1.22 bits per heavy atom. The average Bonchev–Trinajstić information content (AvgIpc) is 2.54. The molecule has 0 aromatic heterocycles. The minimum Gasteiger partial charge on any atom is -0.480 e. The van der Waals surface area contributed by atoms with E-state index in [4.69, 9.17) is 9.84 Å². The molecule has 126 valence electrons. The van der Waals surface area contributed by atoms with E-state index in [1.54, 1.807) is 0 Å². The van der Waals surface area contributed by atoms with Gasteiger partial charge in [-0.15, -0.1) is 0 Å². The van der Waals surface area contributed by atoms with Crippen LogP contribution in [0.25, 0.3) is 0 Å². The van der Waals surface area contributed by atoms with Crippen molar-refractivity contribution < 1.29 is 27.9 Å². The van der Waals surface area contributed by atoms with E-state index in [9.17, 15) is 18.0 Å². The van der Waals surface area contributed by atoms with Crippen molar-refractivity contribution in [2.75, 3.05) is 39.9 Å². The van der Waals surface area contributed by atoms with Crippen molar-refractivity contribution in [2.24, 2.45) is 0 Å². The van der Waals surface area contributed by atoms with Gasteiger partial charge < -0.3 is 14.7 Å². The Morgan fingerprint density at radius 2 is 1.78 bits per heavy atom. The van der Waals surface area contributed by atoms with Gasteiger partial charge in [0, 0.05) is 25.7 Å². The highest BCUT2D eigenvalue weighted by atomic mass is 32.2. The van der Waals surface area contributed by atoms with Gasteiger partial charge in [-0.05, 0) is 24.3 Å². The molecule has 1 fully saturated rings. The minimum absolute atomic E-state index is 0.0943. The van der Waals surface area contributed by atoms with Gasteiger partial charge in [0.15, 0.2) is 0 Å². The Morgan fingerprint density at radius 3 is 2.30 bits per heavy atom. The highest BCUT2D eigenvalue weighted by Crippen LogP contribution is 2.18. The molecule has 0 spiro atoms. The van der Waals surface area contributed by atoms with Crippen LogP contribution in [0.2, 0.25) is 0 Å². The molecular weight excluding hydrogens is 324 g/mol. The summed E-state index contributed by atoms with van der Waals surface area (Å²) in [5.74, 6) is -1.60. The summed E-state index contributed by atoms with van der Waals surface area (Å²) in [5, 5.41) is 8.69. The summed E-state index contributed by atoms with van der Waals surface area (Å²) in [4.78, 5) is 23.8. The van der Waals surface area contributed by atoms with E-state index in [-0.39, 0.29) is 10.5 Å². The number of sulfonamides is 1. The van der Waals surface area contributed by atoms with Crippen LogP contribution in [0.4, 0.5) is 0 Å². The van der Waals surface area contributed by atoms with Crippen molar-refractivity contribution >= 4 is 21.9 Å². The Balaban J connectivity index is 2.15. The highest BCUT2D eigenvalue weighted by Gasteiger charge is 2.26. The van der Waals surface area contributed by atoms with Gasteiger partial charge >= 0.3 is 5.97 Å². The monoisotopic (exact) mass is 342 g/mol. The van der Waals surface area contributed by atoms with E-state index in [0.717, 1.165) is 4.90 Å². The zero-order valence-corrected chi connectivity index (χ0v) is 13.5. The number of rotatable bonds is 5. The molecule has 0 aliphatic carbocycles. The molecule has 8 nitrogen and oxygen atoms in total. The molecule has 23 heavy (non-hydrogen) atoms. The summed E-state index contributed by atoms with van der Waals surface area (Å²) in [6.07, 6.45) is 0. The second kappa shape index (κ2) is 7.07. The molecule has 0 atom stereocenters. The van der Waals surface area contributed by atoms with Crippen LogP contribution < -0.4 is 0 Å². The number of benzene rings is 1. The lowest BCUT2D eigenvalue weighted by molar-refractivity contribution is -0.137. The summed E-state index contributed by atoms with van der Waals surface area (Å²) in [6.45, 7) is 0.882. The smallest absolute Gasteiger partial charge is 0.323 e. The number of carboxylic acids is 1. The molecular formula is C14H18N2O6S. The van der Waals surface area contributed by atoms with Gasteiger partial charge in [0.05, 0.1) is 18.1 Å². The molecule has 1 N–H and O–H groups in total. The molecule has 0 radical (unpaired) electrons. The maximum Gasteiger partial charge on any atom is 0.323 e. The molecule has 1 aliphatic heterocycles. The Kier molecular flexibility index (Phi) is 5.34. The number of nitrogens with zero attached hydrogens (tertiary/aromatic N) is 2. The van der Waals surface area contributed by atoms with Crippen LogP contribution in [-0.4, -0.2) is 74.5 Å². The number of carboxylic acid groups (broad SMARTS) is 1. The standard InChI is InChI=1S/C14H18N2O6S/c1-15(10-13(17)18)14(19)11-2-4-12(5-3-11)23(20,21)16-6-8-22-9-7-16/h2-5H,6-10H2,1H3,(H,17,18). The quantitative estimate of drug-likeness (QED) is 0.799. The number of hydrogen-bond donors (Lipinski definition) is 1. The fourth-order valence-electron chi connectivity index (χ4n) is 2.20. The first kappa shape index (κ1) is 17.4. The van der Waals surface area contributed by atoms with Crippen molar-refractivity contribution in [3.05, 3.63) is 29.8 Å². The normalized spacial score (nSPS) is 16.0. The van der Waals surface area contributed by atoms with Gasteiger partial charge in [0.1, 0.15) is 6.54 Å². The van der Waals surface area contributed by atoms with Gasteiger partial charge in [-0.2, -0.15) is 4.31 Å². The first-order valence-corrected chi connectivity index (χ1v) is 8.41. The van der Waals surface area contributed by atoms with E-state index in [0.29, 0.717) is 26.3 Å². The van der Waals surface area contributed by atoms with Gasteiger partial charge in [-0.25, -0.2) is 8.42 Å². The van der Waals surface area contributed by atoms with Crippen LogP contribution in [0.15, 0.2) is 29.2 Å². The molecule has 1 amide bonds. The molecule has 1 saturated heterocycles. The summed E-state index contributed by atoms with van der Waals surface area (Å²) in [6, 6.07) is 5.47. The highest BCUT2D eigenvalue weighted by molar-refractivity contribution is 7.89. The van der Waals surface area contributed by atoms with E-state index in [2.05, 4.69) is 0 Å². The number of ether oxygens (including phenoxy) is 1. The number of carbonyl (C=O) groups is 2. The van der Waals surface area contributed by atoms with Crippen molar-refractivity contribution in [2.45, 2.75) is 4.90 Å². The van der Waals surface area contributed by atoms with Crippen molar-refractivity contribution in [1.29, 1.82) is 0 Å². The van der Waals surface area contributed by atoms with Gasteiger partial charge in [-0.1, -0.05) is 0 Å². The predicted octanol–water partition coefficient (Wildman–Crippen LogP) is -0.136. The summed E-state index contributed by atoms with van der Waals surface area (Å²) >= 11 is 0. The number of morpholine rings is 1. The van der Waals surface area contributed by atoms with Crippen LogP contribution in [0.1, 0.15) is 10.4 Å². The first-order chi connectivity index (χ1) is 10.8. The van der Waals surface area contributed by atoms with Gasteiger partial charge in [0.25, 0.3) is 5.91 Å². The van der Waals surface area contributed by atoms with E-state index in [1.165, 1.54) is 35.6 Å². The summed E-state index contributed by atoms with van der Waals surface area (Å²) in [7, 11) is -2.24. The van der Waals surface area contributed by atoms with E-state index in [1.807, 2.05) is 0 Å². The lowest BCUT2D eigenvalue weighted by Gasteiger charge is -2.26. The fourth-order valence-corrected chi connectivity index (χ4v) is 3.61. The van der Waals surface area contributed by atoms with Crippen molar-refractivity contribution in [3.8, 4) is 0 Å². The van der Waals surface area contributed by atoms with Crippen LogP contribution in [0, 0.1) is 0 Å². The number of hydrogen-bond acceptors (Lipinski definition) is 5. The largest absolute Gasteiger partial charge is 0.480 e. The first-order valence-electron chi connectivity index (χ1n) is 6.97. The van der Waals surface area contributed by atoms with E-state index < -0.39 is 28.4 Å². The molecule has 0 bridgehead atoms. The van der Waals surface area contributed by atoms with Gasteiger partial charge in [0.2, 0.25) is 10.0 Å². The molecule has 0 saturated carbocycles.